The van der Waals surface area contributed by atoms with Gasteiger partial charge in [0.15, 0.2) is 0 Å². The highest BCUT2D eigenvalue weighted by atomic mass is 19.1. The molecule has 0 spiro atoms. The highest BCUT2D eigenvalue weighted by Crippen LogP contribution is 2.20. The summed E-state index contributed by atoms with van der Waals surface area (Å²) in [6.07, 6.45) is 1.03. The summed E-state index contributed by atoms with van der Waals surface area (Å²) in [7, 11) is 0. The van der Waals surface area contributed by atoms with E-state index in [1.165, 1.54) is 12.1 Å². The van der Waals surface area contributed by atoms with Gasteiger partial charge in [-0.25, -0.2) is 13.8 Å². The maximum absolute atomic E-state index is 13.7. The van der Waals surface area contributed by atoms with Crippen LogP contribution in [0.2, 0.25) is 0 Å². The Morgan fingerprint density at radius 1 is 1.14 bits per heavy atom. The van der Waals surface area contributed by atoms with Gasteiger partial charge in [-0.3, -0.25) is 0 Å². The molecule has 2 rings (SSSR count). The number of hydrogen-bond donors (Lipinski definition) is 2. The predicted molar refractivity (Wildman–Crippen MR) is 84.4 cm³/mol. The molecule has 0 unspecified atom stereocenters. The van der Waals surface area contributed by atoms with E-state index in [2.05, 4.69) is 34.4 Å². The lowest BCUT2D eigenvalue weighted by Gasteiger charge is -2.11. The van der Waals surface area contributed by atoms with Crippen molar-refractivity contribution in [1.29, 1.82) is 0 Å². The van der Waals surface area contributed by atoms with Crippen LogP contribution < -0.4 is 10.6 Å². The number of aryl methyl sites for hydroxylation is 1. The molecule has 0 radical (unpaired) electrons. The smallest absolute Gasteiger partial charge is 0.229 e. The molecular weight excluding hydrogens is 286 g/mol. The Morgan fingerprint density at radius 2 is 1.91 bits per heavy atom. The molecule has 4 nitrogen and oxygen atoms in total. The Bertz CT molecular complexity index is 644. The zero-order chi connectivity index (χ0) is 16.1. The number of anilines is 3. The van der Waals surface area contributed by atoms with Crippen LogP contribution in [0.3, 0.4) is 0 Å². The topological polar surface area (TPSA) is 49.8 Å². The van der Waals surface area contributed by atoms with Gasteiger partial charge in [0.25, 0.3) is 0 Å². The maximum Gasteiger partial charge on any atom is 0.229 e. The van der Waals surface area contributed by atoms with Crippen molar-refractivity contribution < 1.29 is 8.78 Å². The monoisotopic (exact) mass is 306 g/mol. The van der Waals surface area contributed by atoms with Crippen molar-refractivity contribution in [3.05, 3.63) is 41.6 Å². The van der Waals surface area contributed by atoms with Gasteiger partial charge < -0.3 is 10.6 Å². The first kappa shape index (κ1) is 16.1. The summed E-state index contributed by atoms with van der Waals surface area (Å²) in [5.74, 6) is 0.251. The number of halogens is 2. The highest BCUT2D eigenvalue weighted by molar-refractivity contribution is 5.56. The number of rotatable bonds is 6. The van der Waals surface area contributed by atoms with E-state index in [1.807, 2.05) is 13.0 Å². The molecule has 0 aliphatic rings. The molecule has 6 heteroatoms. The molecule has 0 amide bonds. The molecular formula is C16H20F2N4. The van der Waals surface area contributed by atoms with Gasteiger partial charge in [0, 0.05) is 24.4 Å². The molecule has 0 saturated carbocycles. The van der Waals surface area contributed by atoms with Gasteiger partial charge in [-0.15, -0.1) is 0 Å². The summed E-state index contributed by atoms with van der Waals surface area (Å²) >= 11 is 0. The highest BCUT2D eigenvalue weighted by Gasteiger charge is 2.07. The molecule has 1 heterocycles. The third-order valence-electron chi connectivity index (χ3n) is 3.06. The SMILES string of the molecule is Cc1cc(NCCC(C)C)nc(Nc2ccc(F)cc2F)n1. The fourth-order valence-corrected chi connectivity index (χ4v) is 1.92. The molecule has 0 saturated heterocycles. The molecule has 1 aromatic heterocycles. The Balaban J connectivity index is 2.12. The van der Waals surface area contributed by atoms with Crippen LogP contribution >= 0.6 is 0 Å². The molecule has 22 heavy (non-hydrogen) atoms. The average molecular weight is 306 g/mol. The van der Waals surface area contributed by atoms with Crippen molar-refractivity contribution >= 4 is 17.5 Å². The third kappa shape index (κ3) is 4.65. The fourth-order valence-electron chi connectivity index (χ4n) is 1.92. The summed E-state index contributed by atoms with van der Waals surface area (Å²) in [6.45, 7) is 6.94. The molecule has 2 aromatic rings. The molecule has 1 aromatic carbocycles. The van der Waals surface area contributed by atoms with Crippen LogP contribution in [0.25, 0.3) is 0 Å². The van der Waals surface area contributed by atoms with E-state index in [-0.39, 0.29) is 11.6 Å². The van der Waals surface area contributed by atoms with E-state index in [1.54, 1.807) is 0 Å². The van der Waals surface area contributed by atoms with Crippen molar-refractivity contribution in [3.63, 3.8) is 0 Å². The van der Waals surface area contributed by atoms with Crippen LogP contribution in [0, 0.1) is 24.5 Å². The molecule has 0 atom stereocenters. The zero-order valence-corrected chi connectivity index (χ0v) is 13.0. The van der Waals surface area contributed by atoms with Crippen LogP contribution in [0.4, 0.5) is 26.2 Å². The Kier molecular flexibility index (Phi) is 5.25. The van der Waals surface area contributed by atoms with E-state index in [9.17, 15) is 8.78 Å². The van der Waals surface area contributed by atoms with Crippen molar-refractivity contribution in [2.45, 2.75) is 27.2 Å². The third-order valence-corrected chi connectivity index (χ3v) is 3.06. The van der Waals surface area contributed by atoms with Crippen LogP contribution in [0.15, 0.2) is 24.3 Å². The number of nitrogens with one attached hydrogen (secondary N) is 2. The lowest BCUT2D eigenvalue weighted by Crippen LogP contribution is -2.08. The van der Waals surface area contributed by atoms with Crippen molar-refractivity contribution in [3.8, 4) is 0 Å². The molecule has 2 N–H and O–H groups in total. The van der Waals surface area contributed by atoms with E-state index >= 15 is 0 Å². The largest absolute Gasteiger partial charge is 0.370 e. The van der Waals surface area contributed by atoms with E-state index in [0.29, 0.717) is 11.7 Å². The van der Waals surface area contributed by atoms with Crippen molar-refractivity contribution in [1.82, 2.24) is 9.97 Å². The van der Waals surface area contributed by atoms with Crippen LogP contribution in [0.1, 0.15) is 26.0 Å². The Morgan fingerprint density at radius 3 is 2.59 bits per heavy atom. The standard InChI is InChI=1S/C16H20F2N4/c1-10(2)6-7-19-15-8-11(3)20-16(22-15)21-14-5-4-12(17)9-13(14)18/h4-5,8-10H,6-7H2,1-3H3,(H2,19,20,21,22). The summed E-state index contributed by atoms with van der Waals surface area (Å²) in [4.78, 5) is 8.51. The number of nitrogens with zero attached hydrogens (tertiary/aromatic N) is 2. The van der Waals surface area contributed by atoms with E-state index in [0.717, 1.165) is 24.7 Å². The quantitative estimate of drug-likeness (QED) is 0.837. The molecule has 0 aliphatic heterocycles. The first-order valence-electron chi connectivity index (χ1n) is 7.25. The van der Waals surface area contributed by atoms with Crippen molar-refractivity contribution in [2.24, 2.45) is 5.92 Å². The molecule has 0 fully saturated rings. The fraction of sp³-hybridized carbons (Fsp3) is 0.375. The second-order valence-corrected chi connectivity index (χ2v) is 5.58. The number of hydrogen-bond acceptors (Lipinski definition) is 4. The van der Waals surface area contributed by atoms with Gasteiger partial charge in [-0.2, -0.15) is 4.98 Å². The van der Waals surface area contributed by atoms with Gasteiger partial charge in [-0.1, -0.05) is 13.8 Å². The second kappa shape index (κ2) is 7.15. The van der Waals surface area contributed by atoms with Gasteiger partial charge in [0.2, 0.25) is 5.95 Å². The van der Waals surface area contributed by atoms with Crippen molar-refractivity contribution in [2.75, 3.05) is 17.2 Å². The zero-order valence-electron chi connectivity index (χ0n) is 13.0. The second-order valence-electron chi connectivity index (χ2n) is 5.58. The first-order valence-corrected chi connectivity index (χ1v) is 7.25. The van der Waals surface area contributed by atoms with Crippen LogP contribution in [-0.2, 0) is 0 Å². The summed E-state index contributed by atoms with van der Waals surface area (Å²) < 4.78 is 26.6. The van der Waals surface area contributed by atoms with Gasteiger partial charge in [-0.05, 0) is 31.4 Å². The summed E-state index contributed by atoms with van der Waals surface area (Å²) in [6, 6.07) is 5.15. The molecule has 0 aliphatic carbocycles. The van der Waals surface area contributed by atoms with E-state index < -0.39 is 11.6 Å². The van der Waals surface area contributed by atoms with Gasteiger partial charge >= 0.3 is 0 Å². The summed E-state index contributed by atoms with van der Waals surface area (Å²) in [5, 5.41) is 6.00. The minimum absolute atomic E-state index is 0.139. The Hall–Kier alpha value is -2.24. The molecule has 0 bridgehead atoms. The minimum Gasteiger partial charge on any atom is -0.370 e. The summed E-state index contributed by atoms with van der Waals surface area (Å²) in [5.41, 5.74) is 0.896. The minimum atomic E-state index is -0.681. The van der Waals surface area contributed by atoms with Crippen LogP contribution in [-0.4, -0.2) is 16.5 Å². The maximum atomic E-state index is 13.7. The van der Waals surface area contributed by atoms with Gasteiger partial charge in [0.1, 0.15) is 17.5 Å². The first-order chi connectivity index (χ1) is 10.4. The normalized spacial score (nSPS) is 10.8. The Labute approximate surface area is 129 Å². The predicted octanol–water partition coefficient (Wildman–Crippen LogP) is 4.26. The van der Waals surface area contributed by atoms with Gasteiger partial charge in [0.05, 0.1) is 5.69 Å². The average Bonchev–Trinajstić information content (AvgIpc) is 2.41. The molecule has 118 valence electrons. The van der Waals surface area contributed by atoms with Crippen LogP contribution in [0.5, 0.6) is 0 Å². The lowest BCUT2D eigenvalue weighted by atomic mass is 10.1. The number of aromatic nitrogens is 2. The number of benzene rings is 1. The lowest BCUT2D eigenvalue weighted by molar-refractivity contribution is 0.586. The van der Waals surface area contributed by atoms with E-state index in [4.69, 9.17) is 0 Å².